The van der Waals surface area contributed by atoms with E-state index in [1.807, 2.05) is 0 Å². The lowest BCUT2D eigenvalue weighted by atomic mass is 9.97. The van der Waals surface area contributed by atoms with Crippen LogP contribution in [0, 0.1) is 0 Å². The van der Waals surface area contributed by atoms with Crippen LogP contribution >= 0.6 is 0 Å². The summed E-state index contributed by atoms with van der Waals surface area (Å²) in [5.74, 6) is -2.05. The van der Waals surface area contributed by atoms with Crippen LogP contribution in [0.5, 0.6) is 0 Å². The molecule has 1 heterocycles. The second-order valence-electron chi connectivity index (χ2n) is 5.59. The van der Waals surface area contributed by atoms with Gasteiger partial charge in [-0.3, -0.25) is 9.59 Å². The van der Waals surface area contributed by atoms with Gasteiger partial charge in [0.1, 0.15) is 11.6 Å². The van der Waals surface area contributed by atoms with Crippen LogP contribution in [0.1, 0.15) is 36.5 Å². The molecule has 140 valence electrons. The highest BCUT2D eigenvalue weighted by atomic mass is 19.4. The monoisotopic (exact) mass is 371 g/mol. The summed E-state index contributed by atoms with van der Waals surface area (Å²) < 4.78 is 52.2. The minimum atomic E-state index is -4.77. The molecule has 1 aromatic rings. The Kier molecular flexibility index (Phi) is 6.12. The van der Waals surface area contributed by atoms with Crippen LogP contribution in [0.25, 0.3) is 0 Å². The van der Waals surface area contributed by atoms with Crippen LogP contribution in [-0.4, -0.2) is 29.5 Å². The fraction of sp³-hybridized carbons (Fsp3) is 0.353. The van der Waals surface area contributed by atoms with Crippen molar-refractivity contribution in [2.24, 2.45) is 0 Å². The molecule has 9 heteroatoms. The smallest absolute Gasteiger partial charge is 0.348 e. The Morgan fingerprint density at radius 2 is 2.04 bits per heavy atom. The first-order valence-electron chi connectivity index (χ1n) is 7.91. The van der Waals surface area contributed by atoms with Gasteiger partial charge < -0.3 is 10.6 Å². The summed E-state index contributed by atoms with van der Waals surface area (Å²) in [5, 5.41) is 4.88. The highest BCUT2D eigenvalue weighted by molar-refractivity contribution is 5.96. The molecule has 1 aliphatic carbocycles. The summed E-state index contributed by atoms with van der Waals surface area (Å²) in [6.07, 6.45) is -2.26. The Balaban J connectivity index is 2.06. The first-order chi connectivity index (χ1) is 12.2. The second-order valence-corrected chi connectivity index (χ2v) is 5.59. The number of carbonyl (C=O) groups is 2. The number of nitrogens with one attached hydrogen (secondary N) is 2. The maximum absolute atomic E-state index is 14.0. The third-order valence-electron chi connectivity index (χ3n) is 3.72. The molecule has 0 spiro atoms. The maximum Gasteiger partial charge on any atom is 0.418 e. The van der Waals surface area contributed by atoms with Gasteiger partial charge in [-0.25, -0.2) is 9.37 Å². The average molecular weight is 371 g/mol. The predicted molar refractivity (Wildman–Crippen MR) is 87.0 cm³/mol. The molecule has 5 nitrogen and oxygen atoms in total. The summed E-state index contributed by atoms with van der Waals surface area (Å²) in [4.78, 5) is 27.4. The molecule has 0 atom stereocenters. The Morgan fingerprint density at radius 1 is 1.31 bits per heavy atom. The number of pyridine rings is 1. The molecule has 2 rings (SSSR count). The Hall–Kier alpha value is -2.71. The van der Waals surface area contributed by atoms with Gasteiger partial charge in [-0.1, -0.05) is 13.0 Å². The Morgan fingerprint density at radius 3 is 2.69 bits per heavy atom. The van der Waals surface area contributed by atoms with Crippen molar-refractivity contribution in [3.05, 3.63) is 46.9 Å². The molecular weight excluding hydrogens is 354 g/mol. The lowest BCUT2D eigenvalue weighted by molar-refractivity contribution is -0.115. The van der Waals surface area contributed by atoms with Gasteiger partial charge in [-0.15, -0.1) is 0 Å². The lowest BCUT2D eigenvalue weighted by Gasteiger charge is -2.19. The number of allylic oxidation sites excluding steroid dienone is 3. The quantitative estimate of drug-likeness (QED) is 0.776. The fourth-order valence-electron chi connectivity index (χ4n) is 2.35. The van der Waals surface area contributed by atoms with E-state index in [0.29, 0.717) is 0 Å². The van der Waals surface area contributed by atoms with Crippen LogP contribution in [0.3, 0.4) is 0 Å². The van der Waals surface area contributed by atoms with Gasteiger partial charge in [-0.2, -0.15) is 13.2 Å². The van der Waals surface area contributed by atoms with Gasteiger partial charge in [-0.05, 0) is 30.5 Å². The highest BCUT2D eigenvalue weighted by Crippen LogP contribution is 2.37. The van der Waals surface area contributed by atoms with Crippen molar-refractivity contribution in [1.29, 1.82) is 0 Å². The third-order valence-corrected chi connectivity index (χ3v) is 3.72. The van der Waals surface area contributed by atoms with Crippen molar-refractivity contribution in [1.82, 2.24) is 10.3 Å². The van der Waals surface area contributed by atoms with E-state index in [9.17, 15) is 27.2 Å². The van der Waals surface area contributed by atoms with Crippen molar-refractivity contribution in [2.45, 2.75) is 32.4 Å². The van der Waals surface area contributed by atoms with E-state index in [2.05, 4.69) is 15.6 Å². The summed E-state index contributed by atoms with van der Waals surface area (Å²) >= 11 is 0. The number of alkyl halides is 3. The molecule has 1 aromatic heterocycles. The number of rotatable bonds is 5. The number of nitrogens with zero attached hydrogens (tertiary/aromatic N) is 1. The maximum atomic E-state index is 14.0. The topological polar surface area (TPSA) is 71.1 Å². The number of halogens is 4. The average Bonchev–Trinajstić information content (AvgIpc) is 2.59. The molecule has 0 aromatic carbocycles. The van der Waals surface area contributed by atoms with Gasteiger partial charge in [0.15, 0.2) is 0 Å². The number of hydrogen-bond acceptors (Lipinski definition) is 3. The molecule has 2 N–H and O–H groups in total. The second kappa shape index (κ2) is 8.11. The summed E-state index contributed by atoms with van der Waals surface area (Å²) in [5.41, 5.74) is -1.27. The first kappa shape index (κ1) is 19.6. The first-order valence-corrected chi connectivity index (χ1v) is 7.91. The van der Waals surface area contributed by atoms with E-state index in [4.69, 9.17) is 0 Å². The normalized spacial score (nSPS) is 14.7. The Bertz CT molecular complexity index is 770. The van der Waals surface area contributed by atoms with Crippen LogP contribution < -0.4 is 10.6 Å². The zero-order valence-corrected chi connectivity index (χ0v) is 13.9. The highest BCUT2D eigenvalue weighted by Gasteiger charge is 2.38. The van der Waals surface area contributed by atoms with Crippen molar-refractivity contribution in [2.75, 3.05) is 11.9 Å². The zero-order valence-electron chi connectivity index (χ0n) is 13.9. The number of anilines is 1. The number of hydrogen-bond donors (Lipinski definition) is 2. The van der Waals surface area contributed by atoms with E-state index in [1.165, 1.54) is 18.3 Å². The van der Waals surface area contributed by atoms with Gasteiger partial charge in [0, 0.05) is 24.7 Å². The number of amides is 2. The third kappa shape index (κ3) is 4.90. The van der Waals surface area contributed by atoms with Gasteiger partial charge in [0.25, 0.3) is 5.91 Å². The fourth-order valence-corrected chi connectivity index (χ4v) is 2.35. The summed E-state index contributed by atoms with van der Waals surface area (Å²) in [6.45, 7) is 1.32. The molecule has 0 saturated heterocycles. The lowest BCUT2D eigenvalue weighted by Crippen LogP contribution is -2.27. The van der Waals surface area contributed by atoms with Gasteiger partial charge in [0.2, 0.25) is 5.91 Å². The van der Waals surface area contributed by atoms with Crippen molar-refractivity contribution in [3.8, 4) is 0 Å². The molecule has 0 fully saturated rings. The van der Waals surface area contributed by atoms with Crippen LogP contribution in [-0.2, 0) is 4.79 Å². The van der Waals surface area contributed by atoms with Crippen molar-refractivity contribution in [3.63, 3.8) is 0 Å². The van der Waals surface area contributed by atoms with Crippen LogP contribution in [0.2, 0.25) is 0 Å². The molecule has 2 amide bonds. The van der Waals surface area contributed by atoms with Gasteiger partial charge >= 0.3 is 6.18 Å². The van der Waals surface area contributed by atoms with Crippen molar-refractivity contribution < 1.29 is 27.2 Å². The van der Waals surface area contributed by atoms with Crippen LogP contribution in [0.4, 0.5) is 23.4 Å². The molecule has 26 heavy (non-hydrogen) atoms. The van der Waals surface area contributed by atoms with E-state index >= 15 is 0 Å². The number of aromatic nitrogens is 1. The molecule has 0 aliphatic heterocycles. The van der Waals surface area contributed by atoms with Crippen molar-refractivity contribution >= 4 is 17.6 Å². The zero-order chi connectivity index (χ0) is 19.3. The molecular formula is C17H17F4N3O2. The molecule has 0 radical (unpaired) electrons. The molecule has 0 unspecified atom stereocenters. The largest absolute Gasteiger partial charge is 0.418 e. The van der Waals surface area contributed by atoms with E-state index in [1.54, 1.807) is 6.92 Å². The van der Waals surface area contributed by atoms with E-state index in [0.717, 1.165) is 6.08 Å². The van der Waals surface area contributed by atoms with Gasteiger partial charge in [0.05, 0.1) is 5.57 Å². The number of carbonyl (C=O) groups excluding carboxylic acids is 2. The molecule has 0 bridgehead atoms. The minimum absolute atomic E-state index is 0.0515. The van der Waals surface area contributed by atoms with E-state index < -0.39 is 23.5 Å². The molecule has 0 saturated carbocycles. The summed E-state index contributed by atoms with van der Waals surface area (Å²) in [6, 6.07) is 2.71. The molecule has 1 aliphatic rings. The van der Waals surface area contributed by atoms with Crippen LogP contribution in [0.15, 0.2) is 41.4 Å². The minimum Gasteiger partial charge on any atom is -0.348 e. The SMILES string of the molecule is CCC(=O)Nc1cc(C(=O)NCC2=C(F)C(C(F)(F)F)=CCC2)ccn1. The summed E-state index contributed by atoms with van der Waals surface area (Å²) in [7, 11) is 0. The standard InChI is InChI=1S/C17H17F4N3O2/c1-2-14(25)24-13-8-10(6-7-22-13)16(26)23-9-11-4-3-5-12(15(11)18)17(19,20)21/h5-8H,2-4,9H2,1H3,(H,23,26)(H,22,24,25). The van der Waals surface area contributed by atoms with E-state index in [-0.39, 0.29) is 48.7 Å². The predicted octanol–water partition coefficient (Wildman–Crippen LogP) is 3.67. The Labute approximate surface area is 147 Å².